The van der Waals surface area contributed by atoms with Crippen molar-refractivity contribution < 1.29 is 16.8 Å². The maximum Gasteiger partial charge on any atom is 0.240 e. The predicted molar refractivity (Wildman–Crippen MR) is 86.4 cm³/mol. The van der Waals surface area contributed by atoms with E-state index >= 15 is 0 Å². The smallest absolute Gasteiger partial charge is 0.240 e. The molecule has 1 atom stereocenters. The van der Waals surface area contributed by atoms with Crippen molar-refractivity contribution in [1.82, 2.24) is 4.72 Å². The fourth-order valence-electron chi connectivity index (χ4n) is 1.81. The summed E-state index contributed by atoms with van der Waals surface area (Å²) in [7, 11) is -7.01. The lowest BCUT2D eigenvalue weighted by atomic mass is 10.1. The average molecular weight is 350 g/mol. The van der Waals surface area contributed by atoms with E-state index in [-0.39, 0.29) is 10.6 Å². The van der Waals surface area contributed by atoms with Crippen molar-refractivity contribution in [3.8, 4) is 0 Å². The third-order valence-electron chi connectivity index (χ3n) is 2.52. The van der Waals surface area contributed by atoms with Gasteiger partial charge >= 0.3 is 0 Å². The van der Waals surface area contributed by atoms with Gasteiger partial charge in [0.05, 0.1) is 15.6 Å². The van der Waals surface area contributed by atoms with Gasteiger partial charge in [0.25, 0.3) is 0 Å². The monoisotopic (exact) mass is 350 g/mol. The molecule has 1 unspecified atom stereocenters. The molecular weight excluding hydrogens is 332 g/mol. The fourth-order valence-corrected chi connectivity index (χ4v) is 4.32. The Morgan fingerprint density at radius 1 is 1.24 bits per heavy atom. The van der Waals surface area contributed by atoms with Gasteiger partial charge in [-0.2, -0.15) is 0 Å². The topological polar surface area (TPSA) is 106 Å². The standard InChI is InChI=1S/C12H18N2O4S3/c1-9(8-20(2,15)16)14-21(17,18)11-5-3-10(4-6-11)7-12(13)19/h3-6,9,14H,7-8H2,1-2H3,(H2,13,19). The number of nitrogens with two attached hydrogens (primary N) is 1. The van der Waals surface area contributed by atoms with E-state index in [0.29, 0.717) is 11.4 Å². The molecule has 0 aromatic heterocycles. The minimum Gasteiger partial charge on any atom is -0.393 e. The fraction of sp³-hybridized carbons (Fsp3) is 0.417. The highest BCUT2D eigenvalue weighted by Crippen LogP contribution is 2.12. The Kier molecular flexibility index (Phi) is 5.85. The van der Waals surface area contributed by atoms with E-state index in [2.05, 4.69) is 4.72 Å². The van der Waals surface area contributed by atoms with Gasteiger partial charge < -0.3 is 5.73 Å². The highest BCUT2D eigenvalue weighted by atomic mass is 32.2. The van der Waals surface area contributed by atoms with E-state index in [1.54, 1.807) is 12.1 Å². The molecule has 118 valence electrons. The maximum absolute atomic E-state index is 12.1. The molecule has 1 rings (SSSR count). The molecule has 0 aliphatic rings. The molecule has 0 fully saturated rings. The quantitative estimate of drug-likeness (QED) is 0.682. The van der Waals surface area contributed by atoms with Gasteiger partial charge in [-0.25, -0.2) is 21.6 Å². The number of nitrogens with one attached hydrogen (secondary N) is 1. The first kappa shape index (κ1) is 18.0. The number of sulfonamides is 1. The van der Waals surface area contributed by atoms with Gasteiger partial charge in [0.2, 0.25) is 10.0 Å². The summed E-state index contributed by atoms with van der Waals surface area (Å²) >= 11 is 4.78. The van der Waals surface area contributed by atoms with Crippen LogP contribution < -0.4 is 10.5 Å². The molecule has 9 heteroatoms. The van der Waals surface area contributed by atoms with Crippen LogP contribution in [-0.4, -0.2) is 39.9 Å². The Morgan fingerprint density at radius 3 is 2.19 bits per heavy atom. The highest BCUT2D eigenvalue weighted by Gasteiger charge is 2.19. The summed E-state index contributed by atoms with van der Waals surface area (Å²) in [4.78, 5) is 0.389. The van der Waals surface area contributed by atoms with Crippen molar-refractivity contribution in [2.45, 2.75) is 24.3 Å². The zero-order valence-corrected chi connectivity index (χ0v) is 14.2. The lowest BCUT2D eigenvalue weighted by Crippen LogP contribution is -2.37. The molecule has 0 saturated heterocycles. The number of rotatable bonds is 7. The molecule has 0 radical (unpaired) electrons. The third kappa shape index (κ3) is 6.51. The number of thiocarbonyl (C=S) groups is 1. The first-order valence-corrected chi connectivity index (χ1v) is 10.0. The molecule has 21 heavy (non-hydrogen) atoms. The van der Waals surface area contributed by atoms with Crippen LogP contribution in [0.2, 0.25) is 0 Å². The number of hydrogen-bond donors (Lipinski definition) is 2. The van der Waals surface area contributed by atoms with Crippen molar-refractivity contribution >= 4 is 37.1 Å². The van der Waals surface area contributed by atoms with Crippen molar-refractivity contribution in [3.05, 3.63) is 29.8 Å². The lowest BCUT2D eigenvalue weighted by Gasteiger charge is -2.13. The van der Waals surface area contributed by atoms with E-state index in [0.717, 1.165) is 11.8 Å². The first-order chi connectivity index (χ1) is 9.49. The zero-order chi connectivity index (χ0) is 16.3. The second-order valence-corrected chi connectivity index (χ2v) is 9.32. The van der Waals surface area contributed by atoms with Crippen LogP contribution in [-0.2, 0) is 26.3 Å². The Bertz CT molecular complexity index is 709. The molecule has 0 amide bonds. The van der Waals surface area contributed by atoms with Crippen LogP contribution in [0.3, 0.4) is 0 Å². The molecule has 1 aromatic carbocycles. The summed E-state index contributed by atoms with van der Waals surface area (Å²) < 4.78 is 48.8. The van der Waals surface area contributed by atoms with Crippen LogP contribution in [0.4, 0.5) is 0 Å². The van der Waals surface area contributed by atoms with Gasteiger partial charge in [-0.1, -0.05) is 24.4 Å². The molecule has 0 bridgehead atoms. The van der Waals surface area contributed by atoms with Gasteiger partial charge in [0.15, 0.2) is 0 Å². The summed E-state index contributed by atoms with van der Waals surface area (Å²) in [5.74, 6) is -0.258. The Balaban J connectivity index is 2.85. The third-order valence-corrected chi connectivity index (χ3v) is 5.38. The lowest BCUT2D eigenvalue weighted by molar-refractivity contribution is 0.564. The van der Waals surface area contributed by atoms with Crippen LogP contribution in [0.25, 0.3) is 0 Å². The summed E-state index contributed by atoms with van der Waals surface area (Å²) in [6.07, 6.45) is 1.45. The Labute approximate surface area is 130 Å². The van der Waals surface area contributed by atoms with Crippen molar-refractivity contribution in [2.75, 3.05) is 12.0 Å². The van der Waals surface area contributed by atoms with Gasteiger partial charge in [-0.05, 0) is 24.6 Å². The molecule has 0 aliphatic heterocycles. The van der Waals surface area contributed by atoms with Crippen LogP contribution in [0.5, 0.6) is 0 Å². The number of benzene rings is 1. The zero-order valence-electron chi connectivity index (χ0n) is 11.7. The summed E-state index contributed by atoms with van der Waals surface area (Å²) in [5, 5.41) is 0. The second-order valence-electron chi connectivity index (χ2n) is 4.90. The van der Waals surface area contributed by atoms with Crippen molar-refractivity contribution in [1.29, 1.82) is 0 Å². The van der Waals surface area contributed by atoms with Crippen molar-refractivity contribution in [3.63, 3.8) is 0 Å². The predicted octanol–water partition coefficient (Wildman–Crippen LogP) is 0.227. The molecule has 0 spiro atoms. The van der Waals surface area contributed by atoms with Gasteiger partial charge in [-0.3, -0.25) is 0 Å². The van der Waals surface area contributed by atoms with E-state index in [9.17, 15) is 16.8 Å². The van der Waals surface area contributed by atoms with E-state index in [1.165, 1.54) is 19.1 Å². The van der Waals surface area contributed by atoms with E-state index in [1.807, 2.05) is 0 Å². The van der Waals surface area contributed by atoms with Gasteiger partial charge in [-0.15, -0.1) is 0 Å². The van der Waals surface area contributed by atoms with Gasteiger partial charge in [0.1, 0.15) is 9.84 Å². The molecule has 0 saturated carbocycles. The first-order valence-electron chi connectivity index (χ1n) is 6.07. The van der Waals surface area contributed by atoms with Crippen LogP contribution in [0.15, 0.2) is 29.2 Å². The second kappa shape index (κ2) is 6.82. The molecule has 3 N–H and O–H groups in total. The summed E-state index contributed by atoms with van der Waals surface area (Å²) in [6, 6.07) is 5.40. The number of hydrogen-bond acceptors (Lipinski definition) is 5. The van der Waals surface area contributed by atoms with Crippen LogP contribution >= 0.6 is 12.2 Å². The summed E-state index contributed by atoms with van der Waals surface area (Å²) in [5.41, 5.74) is 6.23. The SMILES string of the molecule is CC(CS(C)(=O)=O)NS(=O)(=O)c1ccc(CC(N)=S)cc1. The normalized spacial score (nSPS) is 13.8. The summed E-state index contributed by atoms with van der Waals surface area (Å²) in [6.45, 7) is 1.50. The van der Waals surface area contributed by atoms with Crippen LogP contribution in [0.1, 0.15) is 12.5 Å². The molecule has 6 nitrogen and oxygen atoms in total. The Morgan fingerprint density at radius 2 is 1.76 bits per heavy atom. The largest absolute Gasteiger partial charge is 0.393 e. The highest BCUT2D eigenvalue weighted by molar-refractivity contribution is 7.91. The molecule has 0 aliphatic carbocycles. The Hall–Kier alpha value is -1.03. The minimum atomic E-state index is -3.76. The molecule has 1 aromatic rings. The molecular formula is C12H18N2O4S3. The van der Waals surface area contributed by atoms with E-state index in [4.69, 9.17) is 18.0 Å². The van der Waals surface area contributed by atoms with Crippen molar-refractivity contribution in [2.24, 2.45) is 5.73 Å². The average Bonchev–Trinajstić information content (AvgIpc) is 2.24. The van der Waals surface area contributed by atoms with Gasteiger partial charge in [0, 0.05) is 18.7 Å². The maximum atomic E-state index is 12.1. The van der Waals surface area contributed by atoms with Crippen LogP contribution in [0, 0.1) is 0 Å². The molecule has 0 heterocycles. The van der Waals surface area contributed by atoms with E-state index < -0.39 is 25.9 Å². The number of sulfone groups is 1. The minimum absolute atomic E-state index is 0.0644.